The molecule has 0 aliphatic heterocycles. The molecule has 1 N–H and O–H groups in total. The Morgan fingerprint density at radius 1 is 1.37 bits per heavy atom. The SMILES string of the molecule is CCCC(C)N(C)C(=O)c1ccc(NCC)cc1C. The molecule has 1 unspecified atom stereocenters. The molecule has 3 heteroatoms. The van der Waals surface area contributed by atoms with E-state index in [0.29, 0.717) is 0 Å². The van der Waals surface area contributed by atoms with Crippen molar-refractivity contribution in [1.29, 1.82) is 0 Å². The van der Waals surface area contributed by atoms with Crippen molar-refractivity contribution in [3.8, 4) is 0 Å². The van der Waals surface area contributed by atoms with E-state index in [9.17, 15) is 4.79 Å². The summed E-state index contributed by atoms with van der Waals surface area (Å²) >= 11 is 0. The van der Waals surface area contributed by atoms with Crippen LogP contribution in [0, 0.1) is 6.92 Å². The normalized spacial score (nSPS) is 12.1. The lowest BCUT2D eigenvalue weighted by Gasteiger charge is -2.25. The number of anilines is 1. The zero-order valence-corrected chi connectivity index (χ0v) is 12.8. The third kappa shape index (κ3) is 3.98. The van der Waals surface area contributed by atoms with E-state index in [1.54, 1.807) is 0 Å². The van der Waals surface area contributed by atoms with Gasteiger partial charge in [0.05, 0.1) is 0 Å². The second kappa shape index (κ2) is 7.17. The van der Waals surface area contributed by atoms with Crippen molar-refractivity contribution in [2.24, 2.45) is 0 Å². The number of carbonyl (C=O) groups is 1. The Bertz CT molecular complexity index is 429. The molecule has 0 saturated carbocycles. The monoisotopic (exact) mass is 262 g/mol. The maximum atomic E-state index is 12.5. The van der Waals surface area contributed by atoms with Gasteiger partial charge in [0.25, 0.3) is 5.91 Å². The van der Waals surface area contributed by atoms with Gasteiger partial charge in [-0.05, 0) is 51.0 Å². The largest absolute Gasteiger partial charge is 0.385 e. The summed E-state index contributed by atoms with van der Waals surface area (Å²) in [6.45, 7) is 9.19. The molecule has 1 atom stereocenters. The number of hydrogen-bond donors (Lipinski definition) is 1. The van der Waals surface area contributed by atoms with Crippen LogP contribution >= 0.6 is 0 Å². The number of amides is 1. The second-order valence-corrected chi connectivity index (χ2v) is 5.11. The number of aryl methyl sites for hydroxylation is 1. The predicted molar refractivity (Wildman–Crippen MR) is 81.8 cm³/mol. The number of benzene rings is 1. The molecule has 1 aromatic rings. The molecule has 106 valence electrons. The van der Waals surface area contributed by atoms with E-state index >= 15 is 0 Å². The van der Waals surface area contributed by atoms with E-state index in [2.05, 4.69) is 26.1 Å². The molecule has 0 saturated heterocycles. The maximum Gasteiger partial charge on any atom is 0.254 e. The van der Waals surface area contributed by atoms with Gasteiger partial charge in [0.1, 0.15) is 0 Å². The van der Waals surface area contributed by atoms with Crippen LogP contribution in [-0.2, 0) is 0 Å². The highest BCUT2D eigenvalue weighted by Crippen LogP contribution is 2.18. The number of nitrogens with zero attached hydrogens (tertiary/aromatic N) is 1. The molecular weight excluding hydrogens is 236 g/mol. The molecule has 19 heavy (non-hydrogen) atoms. The fourth-order valence-electron chi connectivity index (χ4n) is 2.22. The smallest absolute Gasteiger partial charge is 0.254 e. The van der Waals surface area contributed by atoms with Crippen molar-refractivity contribution in [3.63, 3.8) is 0 Å². The molecule has 0 aliphatic rings. The van der Waals surface area contributed by atoms with Crippen LogP contribution < -0.4 is 5.32 Å². The predicted octanol–water partition coefficient (Wildman–Crippen LogP) is 3.69. The second-order valence-electron chi connectivity index (χ2n) is 5.11. The van der Waals surface area contributed by atoms with Crippen LogP contribution in [-0.4, -0.2) is 30.4 Å². The van der Waals surface area contributed by atoms with E-state index < -0.39 is 0 Å². The average molecular weight is 262 g/mol. The summed E-state index contributed by atoms with van der Waals surface area (Å²) in [6.07, 6.45) is 2.13. The number of hydrogen-bond acceptors (Lipinski definition) is 2. The Morgan fingerprint density at radius 3 is 2.58 bits per heavy atom. The minimum Gasteiger partial charge on any atom is -0.385 e. The molecule has 3 nitrogen and oxygen atoms in total. The standard InChI is InChI=1S/C16H26N2O/c1-6-8-13(4)18(5)16(19)15-10-9-14(17-7-2)11-12(15)3/h9-11,13,17H,6-8H2,1-5H3. The molecular formula is C16H26N2O. The summed E-state index contributed by atoms with van der Waals surface area (Å²) in [5.41, 5.74) is 2.90. The van der Waals surface area contributed by atoms with Gasteiger partial charge < -0.3 is 10.2 Å². The molecule has 0 fully saturated rings. The topological polar surface area (TPSA) is 32.3 Å². The van der Waals surface area contributed by atoms with Gasteiger partial charge in [-0.1, -0.05) is 13.3 Å². The first kappa shape index (κ1) is 15.5. The highest BCUT2D eigenvalue weighted by Gasteiger charge is 2.18. The van der Waals surface area contributed by atoms with Gasteiger partial charge in [0.15, 0.2) is 0 Å². The average Bonchev–Trinajstić information content (AvgIpc) is 2.38. The van der Waals surface area contributed by atoms with Crippen LogP contribution in [0.1, 0.15) is 49.5 Å². The zero-order valence-electron chi connectivity index (χ0n) is 12.8. The van der Waals surface area contributed by atoms with Crippen LogP contribution in [0.25, 0.3) is 0 Å². The van der Waals surface area contributed by atoms with Crippen LogP contribution in [0.3, 0.4) is 0 Å². The van der Waals surface area contributed by atoms with Crippen molar-refractivity contribution in [3.05, 3.63) is 29.3 Å². The third-order valence-corrected chi connectivity index (χ3v) is 3.53. The van der Waals surface area contributed by atoms with Crippen molar-refractivity contribution >= 4 is 11.6 Å². The lowest BCUT2D eigenvalue weighted by Crippen LogP contribution is -2.35. The van der Waals surface area contributed by atoms with Gasteiger partial charge in [0, 0.05) is 30.9 Å². The summed E-state index contributed by atoms with van der Waals surface area (Å²) < 4.78 is 0. The summed E-state index contributed by atoms with van der Waals surface area (Å²) in [5.74, 6) is 0.112. The van der Waals surface area contributed by atoms with Gasteiger partial charge in [-0.2, -0.15) is 0 Å². The Labute approximate surface area is 117 Å². The van der Waals surface area contributed by atoms with E-state index in [4.69, 9.17) is 0 Å². The van der Waals surface area contributed by atoms with Crippen molar-refractivity contribution in [2.75, 3.05) is 18.9 Å². The van der Waals surface area contributed by atoms with E-state index in [-0.39, 0.29) is 11.9 Å². The molecule has 1 aromatic carbocycles. The zero-order chi connectivity index (χ0) is 14.4. The molecule has 0 bridgehead atoms. The van der Waals surface area contributed by atoms with Crippen LogP contribution in [0.15, 0.2) is 18.2 Å². The summed E-state index contributed by atoms with van der Waals surface area (Å²) in [6, 6.07) is 6.22. The van der Waals surface area contributed by atoms with Crippen molar-refractivity contribution < 1.29 is 4.79 Å². The van der Waals surface area contributed by atoms with Gasteiger partial charge in [0.2, 0.25) is 0 Å². The van der Waals surface area contributed by atoms with Crippen molar-refractivity contribution in [2.45, 2.75) is 46.6 Å². The molecule has 0 aliphatic carbocycles. The lowest BCUT2D eigenvalue weighted by molar-refractivity contribution is 0.0736. The van der Waals surface area contributed by atoms with Gasteiger partial charge in [-0.3, -0.25) is 4.79 Å². The van der Waals surface area contributed by atoms with Gasteiger partial charge in [-0.25, -0.2) is 0 Å². The van der Waals surface area contributed by atoms with E-state index in [1.807, 2.05) is 37.1 Å². The first-order valence-electron chi connectivity index (χ1n) is 7.12. The van der Waals surface area contributed by atoms with Gasteiger partial charge in [-0.15, -0.1) is 0 Å². The summed E-state index contributed by atoms with van der Waals surface area (Å²) in [4.78, 5) is 14.3. The first-order chi connectivity index (χ1) is 9.01. The highest BCUT2D eigenvalue weighted by atomic mass is 16.2. The Hall–Kier alpha value is -1.51. The minimum atomic E-state index is 0.112. The fraction of sp³-hybridized carbons (Fsp3) is 0.562. The highest BCUT2D eigenvalue weighted by molar-refractivity contribution is 5.96. The lowest BCUT2D eigenvalue weighted by atomic mass is 10.0. The van der Waals surface area contributed by atoms with Crippen molar-refractivity contribution in [1.82, 2.24) is 4.90 Å². The Balaban J connectivity index is 2.87. The third-order valence-electron chi connectivity index (χ3n) is 3.53. The molecule has 0 spiro atoms. The summed E-state index contributed by atoms with van der Waals surface area (Å²) in [7, 11) is 1.89. The molecule has 0 radical (unpaired) electrons. The molecule has 0 heterocycles. The number of carbonyl (C=O) groups excluding carboxylic acids is 1. The summed E-state index contributed by atoms with van der Waals surface area (Å²) in [5, 5.41) is 3.26. The maximum absolute atomic E-state index is 12.5. The molecule has 0 aromatic heterocycles. The first-order valence-corrected chi connectivity index (χ1v) is 7.12. The molecule has 1 rings (SSSR count). The molecule has 1 amide bonds. The van der Waals surface area contributed by atoms with Crippen LogP contribution in [0.2, 0.25) is 0 Å². The van der Waals surface area contributed by atoms with Crippen LogP contribution in [0.5, 0.6) is 0 Å². The van der Waals surface area contributed by atoms with E-state index in [0.717, 1.165) is 36.2 Å². The Kier molecular flexibility index (Phi) is 5.87. The number of rotatable bonds is 6. The fourth-order valence-corrected chi connectivity index (χ4v) is 2.22. The van der Waals surface area contributed by atoms with Gasteiger partial charge >= 0.3 is 0 Å². The van der Waals surface area contributed by atoms with Crippen LogP contribution in [0.4, 0.5) is 5.69 Å². The number of nitrogens with one attached hydrogen (secondary N) is 1. The minimum absolute atomic E-state index is 0.112. The van der Waals surface area contributed by atoms with E-state index in [1.165, 1.54) is 0 Å². The quantitative estimate of drug-likeness (QED) is 0.848. The Morgan fingerprint density at radius 2 is 2.05 bits per heavy atom.